The molecular weight excluding hydrogens is 220 g/mol. The summed E-state index contributed by atoms with van der Waals surface area (Å²) in [6.07, 6.45) is 5.27. The van der Waals surface area contributed by atoms with Crippen molar-refractivity contribution in [3.05, 3.63) is 15.8 Å². The summed E-state index contributed by atoms with van der Waals surface area (Å²) in [5, 5.41) is 18.1. The largest absolute Gasteiger partial charge is 0.351 e. The van der Waals surface area contributed by atoms with Crippen molar-refractivity contribution in [2.24, 2.45) is 0 Å². The molecular formula is C11H16N4O2. The van der Waals surface area contributed by atoms with Crippen molar-refractivity contribution in [2.45, 2.75) is 39.8 Å². The average molecular weight is 236 g/mol. The van der Waals surface area contributed by atoms with Gasteiger partial charge in [-0.25, -0.2) is 4.68 Å². The van der Waals surface area contributed by atoms with Crippen LogP contribution in [0.25, 0.3) is 0 Å². The quantitative estimate of drug-likeness (QED) is 0.493. The number of nitrogens with zero attached hydrogens (tertiary/aromatic N) is 3. The van der Waals surface area contributed by atoms with E-state index in [0.717, 1.165) is 0 Å². The Bertz CT molecular complexity index is 471. The summed E-state index contributed by atoms with van der Waals surface area (Å²) in [6.45, 7) is 7.18. The Morgan fingerprint density at radius 2 is 2.12 bits per heavy atom. The summed E-state index contributed by atoms with van der Waals surface area (Å²) in [6, 6.07) is -0.267. The maximum Gasteiger partial charge on any atom is 0.333 e. The van der Waals surface area contributed by atoms with Crippen LogP contribution in [-0.2, 0) is 0 Å². The van der Waals surface area contributed by atoms with E-state index in [-0.39, 0.29) is 17.8 Å². The molecule has 1 N–H and O–H groups in total. The number of aromatic nitrogens is 2. The molecule has 6 nitrogen and oxygen atoms in total. The number of aryl methyl sites for hydroxylation is 1. The summed E-state index contributed by atoms with van der Waals surface area (Å²) in [7, 11) is 0. The van der Waals surface area contributed by atoms with Gasteiger partial charge < -0.3 is 5.32 Å². The zero-order chi connectivity index (χ0) is 13.2. The average Bonchev–Trinajstić information content (AvgIpc) is 2.55. The second-order valence-corrected chi connectivity index (χ2v) is 4.11. The van der Waals surface area contributed by atoms with Gasteiger partial charge in [-0.1, -0.05) is 5.92 Å². The minimum Gasteiger partial charge on any atom is -0.351 e. The molecule has 1 heterocycles. The first-order valence-corrected chi connectivity index (χ1v) is 5.34. The van der Waals surface area contributed by atoms with Crippen LogP contribution in [0.15, 0.2) is 0 Å². The number of terminal acetylenes is 1. The molecule has 0 saturated carbocycles. The van der Waals surface area contributed by atoms with Gasteiger partial charge >= 0.3 is 5.69 Å². The smallest absolute Gasteiger partial charge is 0.333 e. The van der Waals surface area contributed by atoms with Crippen LogP contribution in [0.3, 0.4) is 0 Å². The van der Waals surface area contributed by atoms with Crippen molar-refractivity contribution in [3.8, 4) is 12.3 Å². The van der Waals surface area contributed by atoms with Crippen LogP contribution in [-0.4, -0.2) is 20.7 Å². The normalized spacial score (nSPS) is 12.2. The maximum absolute atomic E-state index is 11.0. The van der Waals surface area contributed by atoms with Crippen molar-refractivity contribution >= 4 is 11.5 Å². The van der Waals surface area contributed by atoms with Gasteiger partial charge in [-0.2, -0.15) is 5.10 Å². The van der Waals surface area contributed by atoms with Gasteiger partial charge in [-0.3, -0.25) is 10.1 Å². The summed E-state index contributed by atoms with van der Waals surface area (Å²) in [5.74, 6) is 2.85. The molecule has 0 saturated heterocycles. The van der Waals surface area contributed by atoms with Gasteiger partial charge in [0.25, 0.3) is 0 Å². The van der Waals surface area contributed by atoms with E-state index in [2.05, 4.69) is 16.3 Å². The van der Waals surface area contributed by atoms with Gasteiger partial charge in [0.05, 0.1) is 11.0 Å². The molecule has 1 aromatic rings. The van der Waals surface area contributed by atoms with Gasteiger partial charge in [0.15, 0.2) is 0 Å². The van der Waals surface area contributed by atoms with Crippen molar-refractivity contribution in [3.63, 3.8) is 0 Å². The Morgan fingerprint density at radius 1 is 1.53 bits per heavy atom. The molecule has 1 unspecified atom stereocenters. The Hall–Kier alpha value is -2.03. The topological polar surface area (TPSA) is 73.0 Å². The molecule has 6 heteroatoms. The monoisotopic (exact) mass is 236 g/mol. The highest BCUT2D eigenvalue weighted by Gasteiger charge is 2.26. The van der Waals surface area contributed by atoms with Crippen LogP contribution in [0, 0.1) is 29.4 Å². The molecule has 0 aliphatic heterocycles. The molecule has 0 aromatic carbocycles. The van der Waals surface area contributed by atoms with E-state index in [1.165, 1.54) is 0 Å². The van der Waals surface area contributed by atoms with Crippen LogP contribution < -0.4 is 5.32 Å². The molecule has 1 rings (SSSR count). The molecule has 0 bridgehead atoms. The van der Waals surface area contributed by atoms with Crippen molar-refractivity contribution in [1.29, 1.82) is 0 Å². The van der Waals surface area contributed by atoms with Crippen molar-refractivity contribution in [2.75, 3.05) is 5.32 Å². The molecule has 92 valence electrons. The van der Waals surface area contributed by atoms with Gasteiger partial charge in [-0.15, -0.1) is 6.42 Å². The fourth-order valence-electron chi connectivity index (χ4n) is 1.51. The predicted octanol–water partition coefficient (Wildman–Crippen LogP) is 2.11. The fourth-order valence-corrected chi connectivity index (χ4v) is 1.51. The lowest BCUT2D eigenvalue weighted by Crippen LogP contribution is -2.18. The molecule has 0 radical (unpaired) electrons. The zero-order valence-electron chi connectivity index (χ0n) is 10.4. The molecule has 0 fully saturated rings. The van der Waals surface area contributed by atoms with E-state index in [4.69, 9.17) is 6.42 Å². The van der Waals surface area contributed by atoms with E-state index in [9.17, 15) is 10.1 Å². The molecule has 1 aromatic heterocycles. The zero-order valence-corrected chi connectivity index (χ0v) is 10.4. The summed E-state index contributed by atoms with van der Waals surface area (Å²) in [5.41, 5.74) is 0.372. The molecule has 0 amide bonds. The van der Waals surface area contributed by atoms with Crippen LogP contribution in [0.2, 0.25) is 0 Å². The summed E-state index contributed by atoms with van der Waals surface area (Å²) in [4.78, 5) is 10.6. The third kappa shape index (κ3) is 2.56. The second-order valence-electron chi connectivity index (χ2n) is 4.11. The van der Waals surface area contributed by atoms with Crippen LogP contribution in [0.1, 0.15) is 32.5 Å². The third-order valence-electron chi connectivity index (χ3n) is 2.33. The highest BCUT2D eigenvalue weighted by molar-refractivity contribution is 5.60. The first kappa shape index (κ1) is 13.0. The molecule has 17 heavy (non-hydrogen) atoms. The first-order chi connectivity index (χ1) is 7.88. The lowest BCUT2D eigenvalue weighted by Gasteiger charge is -2.13. The Morgan fingerprint density at radius 3 is 2.53 bits per heavy atom. The Kier molecular flexibility index (Phi) is 3.73. The van der Waals surface area contributed by atoms with E-state index >= 15 is 0 Å². The van der Waals surface area contributed by atoms with E-state index in [1.54, 1.807) is 18.5 Å². The van der Waals surface area contributed by atoms with E-state index < -0.39 is 4.92 Å². The van der Waals surface area contributed by atoms with Crippen LogP contribution >= 0.6 is 0 Å². The van der Waals surface area contributed by atoms with E-state index in [1.807, 2.05) is 13.8 Å². The van der Waals surface area contributed by atoms with Crippen LogP contribution in [0.4, 0.5) is 11.5 Å². The maximum atomic E-state index is 11.0. The molecule has 0 aliphatic rings. The number of hydrogen-bond acceptors (Lipinski definition) is 4. The van der Waals surface area contributed by atoms with Gasteiger partial charge in [0.1, 0.15) is 5.69 Å². The minimum absolute atomic E-state index is 0.0131. The van der Waals surface area contributed by atoms with Crippen LogP contribution in [0.5, 0.6) is 0 Å². The second kappa shape index (κ2) is 4.87. The standard InChI is InChI=1S/C11H16N4O2/c1-6-8(4)12-11-10(15(16)17)9(5)13-14(11)7(2)3/h1,7-8,12H,2-5H3. The highest BCUT2D eigenvalue weighted by Crippen LogP contribution is 2.30. The fraction of sp³-hybridized carbons (Fsp3) is 0.545. The van der Waals surface area contributed by atoms with Gasteiger partial charge in [0, 0.05) is 6.04 Å². The van der Waals surface area contributed by atoms with Gasteiger partial charge in [0.2, 0.25) is 5.82 Å². The SMILES string of the molecule is C#CC(C)Nc1c([N+](=O)[O-])c(C)nn1C(C)C. The summed E-state index contributed by atoms with van der Waals surface area (Å²) >= 11 is 0. The van der Waals surface area contributed by atoms with E-state index in [0.29, 0.717) is 11.5 Å². The molecule has 1 atom stereocenters. The highest BCUT2D eigenvalue weighted by atomic mass is 16.6. The summed E-state index contributed by atoms with van der Waals surface area (Å²) < 4.78 is 1.58. The number of nitrogens with one attached hydrogen (secondary N) is 1. The number of rotatable bonds is 4. The van der Waals surface area contributed by atoms with Gasteiger partial charge in [-0.05, 0) is 27.7 Å². The lowest BCUT2D eigenvalue weighted by atomic mass is 10.3. The van der Waals surface area contributed by atoms with Crippen molar-refractivity contribution < 1.29 is 4.92 Å². The molecule has 0 aliphatic carbocycles. The molecule has 0 spiro atoms. The Labute approximate surface area is 100 Å². The lowest BCUT2D eigenvalue weighted by molar-refractivity contribution is -0.384. The predicted molar refractivity (Wildman–Crippen MR) is 65.9 cm³/mol. The van der Waals surface area contributed by atoms with Crippen molar-refractivity contribution in [1.82, 2.24) is 9.78 Å². The minimum atomic E-state index is -0.438. The number of anilines is 1. The Balaban J connectivity index is 3.31. The first-order valence-electron chi connectivity index (χ1n) is 5.34. The number of hydrogen-bond donors (Lipinski definition) is 1. The third-order valence-corrected chi connectivity index (χ3v) is 2.33. The number of nitro groups is 1.